The summed E-state index contributed by atoms with van der Waals surface area (Å²) in [7, 11) is -2.66. The average Bonchev–Trinajstić information content (AvgIpc) is 1.96. The molecule has 12 heavy (non-hydrogen) atoms. The molecule has 7 heteroatoms. The van der Waals surface area contributed by atoms with Gasteiger partial charge >= 0.3 is 0 Å². The first-order valence-electron chi connectivity index (χ1n) is 3.17. The molecule has 0 radical (unpaired) electrons. The van der Waals surface area contributed by atoms with Crippen LogP contribution in [0.3, 0.4) is 0 Å². The highest BCUT2D eigenvalue weighted by Crippen LogP contribution is 1.95. The Bertz CT molecular complexity index is 224. The van der Waals surface area contributed by atoms with Gasteiger partial charge in [0.05, 0.1) is 5.75 Å². The number of nitrogens with one attached hydrogen (secondary N) is 1. The Morgan fingerprint density at radius 2 is 2.25 bits per heavy atom. The molecule has 1 unspecified atom stereocenters. The molecule has 0 heterocycles. The standard InChI is InChI=1S/C5H11NO5S/c1-11-5(6-4-7)2-3-12(8,9)10/h4-5H,2-3H2,1H3,(H,6,7)(H,8,9,10). The molecule has 0 aromatic rings. The van der Waals surface area contributed by atoms with Crippen molar-refractivity contribution in [2.45, 2.75) is 12.6 Å². The SMILES string of the molecule is COC(CCS(=O)(=O)O)NC=O. The molecule has 72 valence electrons. The summed E-state index contributed by atoms with van der Waals surface area (Å²) in [4.78, 5) is 9.90. The van der Waals surface area contributed by atoms with Gasteiger partial charge in [-0.1, -0.05) is 0 Å². The zero-order valence-electron chi connectivity index (χ0n) is 6.56. The van der Waals surface area contributed by atoms with Crippen molar-refractivity contribution in [2.24, 2.45) is 0 Å². The van der Waals surface area contributed by atoms with Gasteiger partial charge in [0.2, 0.25) is 6.41 Å². The Labute approximate surface area is 70.7 Å². The lowest BCUT2D eigenvalue weighted by molar-refractivity contribution is -0.112. The van der Waals surface area contributed by atoms with Crippen molar-refractivity contribution < 1.29 is 22.5 Å². The van der Waals surface area contributed by atoms with E-state index in [1.807, 2.05) is 0 Å². The summed E-state index contributed by atoms with van der Waals surface area (Å²) in [6.45, 7) is 0. The predicted molar refractivity (Wildman–Crippen MR) is 41.0 cm³/mol. The fraction of sp³-hybridized carbons (Fsp3) is 0.800. The van der Waals surface area contributed by atoms with Gasteiger partial charge in [-0.2, -0.15) is 8.42 Å². The molecule has 0 aromatic carbocycles. The van der Waals surface area contributed by atoms with Crippen molar-refractivity contribution in [1.82, 2.24) is 5.32 Å². The number of methoxy groups -OCH3 is 1. The van der Waals surface area contributed by atoms with Crippen molar-refractivity contribution in [3.63, 3.8) is 0 Å². The molecule has 0 rings (SSSR count). The Balaban J connectivity index is 3.80. The van der Waals surface area contributed by atoms with Crippen LogP contribution in [0, 0.1) is 0 Å². The van der Waals surface area contributed by atoms with Crippen LogP contribution < -0.4 is 5.32 Å². The Morgan fingerprint density at radius 3 is 2.58 bits per heavy atom. The van der Waals surface area contributed by atoms with Crippen LogP contribution in [0.5, 0.6) is 0 Å². The van der Waals surface area contributed by atoms with Crippen molar-refractivity contribution >= 4 is 16.5 Å². The molecule has 0 aromatic heterocycles. The maximum atomic E-state index is 10.2. The van der Waals surface area contributed by atoms with E-state index in [0.29, 0.717) is 6.41 Å². The van der Waals surface area contributed by atoms with E-state index in [-0.39, 0.29) is 6.42 Å². The molecule has 6 nitrogen and oxygen atoms in total. The monoisotopic (exact) mass is 197 g/mol. The molecule has 0 bridgehead atoms. The van der Waals surface area contributed by atoms with Crippen LogP contribution in [0.15, 0.2) is 0 Å². The highest BCUT2D eigenvalue weighted by Gasteiger charge is 2.10. The highest BCUT2D eigenvalue weighted by atomic mass is 32.2. The third-order valence-electron chi connectivity index (χ3n) is 1.18. The number of ether oxygens (including phenoxy) is 1. The Morgan fingerprint density at radius 1 is 1.67 bits per heavy atom. The van der Waals surface area contributed by atoms with E-state index in [4.69, 9.17) is 4.55 Å². The average molecular weight is 197 g/mol. The van der Waals surface area contributed by atoms with Crippen molar-refractivity contribution in [3.8, 4) is 0 Å². The minimum Gasteiger partial charge on any atom is -0.362 e. The summed E-state index contributed by atoms with van der Waals surface area (Å²) in [6, 6.07) is 0. The summed E-state index contributed by atoms with van der Waals surface area (Å²) in [5.41, 5.74) is 0. The Hall–Kier alpha value is -0.660. The lowest BCUT2D eigenvalue weighted by Crippen LogP contribution is -2.31. The molecule has 0 aliphatic carbocycles. The molecule has 0 aliphatic heterocycles. The number of carbonyl (C=O) groups is 1. The molecule has 2 N–H and O–H groups in total. The molecule has 1 amide bonds. The van der Waals surface area contributed by atoms with Gasteiger partial charge in [0, 0.05) is 13.5 Å². The zero-order valence-corrected chi connectivity index (χ0v) is 7.37. The van der Waals surface area contributed by atoms with Gasteiger partial charge < -0.3 is 10.1 Å². The van der Waals surface area contributed by atoms with Crippen molar-refractivity contribution in [1.29, 1.82) is 0 Å². The molecule has 1 atom stereocenters. The Kier molecular flexibility index (Phi) is 4.79. The van der Waals surface area contributed by atoms with Crippen LogP contribution in [0.4, 0.5) is 0 Å². The van der Waals surface area contributed by atoms with Gasteiger partial charge in [0.25, 0.3) is 10.1 Å². The van der Waals surface area contributed by atoms with Gasteiger partial charge in [0.15, 0.2) is 0 Å². The lowest BCUT2D eigenvalue weighted by Gasteiger charge is -2.12. The topological polar surface area (TPSA) is 92.7 Å². The number of rotatable bonds is 6. The highest BCUT2D eigenvalue weighted by molar-refractivity contribution is 7.85. The zero-order chi connectivity index (χ0) is 9.61. The van der Waals surface area contributed by atoms with Gasteiger partial charge in [-0.3, -0.25) is 9.35 Å². The van der Waals surface area contributed by atoms with E-state index in [1.54, 1.807) is 0 Å². The molecule has 0 fully saturated rings. The number of hydrogen-bond acceptors (Lipinski definition) is 4. The molecule has 0 saturated carbocycles. The van der Waals surface area contributed by atoms with Crippen LogP contribution in [-0.2, 0) is 19.6 Å². The smallest absolute Gasteiger partial charge is 0.265 e. The van der Waals surface area contributed by atoms with Crippen LogP contribution >= 0.6 is 0 Å². The molecular formula is C5H11NO5S. The summed E-state index contributed by atoms with van der Waals surface area (Å²) < 4.78 is 33.5. The van der Waals surface area contributed by atoms with E-state index >= 15 is 0 Å². The van der Waals surface area contributed by atoms with E-state index in [9.17, 15) is 13.2 Å². The van der Waals surface area contributed by atoms with Gasteiger partial charge in [-0.05, 0) is 0 Å². The second-order valence-electron chi connectivity index (χ2n) is 2.08. The van der Waals surface area contributed by atoms with Gasteiger partial charge in [-0.25, -0.2) is 0 Å². The molecule has 0 aliphatic rings. The first-order chi connectivity index (χ1) is 5.49. The van der Waals surface area contributed by atoms with Crippen LogP contribution in [-0.4, -0.2) is 38.5 Å². The number of amides is 1. The maximum absolute atomic E-state index is 10.2. The normalized spacial score (nSPS) is 13.8. The van der Waals surface area contributed by atoms with Crippen molar-refractivity contribution in [3.05, 3.63) is 0 Å². The fourth-order valence-electron chi connectivity index (χ4n) is 0.601. The lowest BCUT2D eigenvalue weighted by atomic mass is 10.4. The van der Waals surface area contributed by atoms with Crippen LogP contribution in [0.2, 0.25) is 0 Å². The van der Waals surface area contributed by atoms with Crippen LogP contribution in [0.1, 0.15) is 6.42 Å². The molecule has 0 saturated heterocycles. The third kappa shape index (κ3) is 6.08. The second kappa shape index (κ2) is 5.07. The maximum Gasteiger partial charge on any atom is 0.265 e. The number of carbonyl (C=O) groups excluding carboxylic acids is 1. The summed E-state index contributed by atoms with van der Waals surface area (Å²) in [5.74, 6) is -0.438. The molecule has 0 spiro atoms. The van der Waals surface area contributed by atoms with Gasteiger partial charge in [-0.15, -0.1) is 0 Å². The third-order valence-corrected chi connectivity index (χ3v) is 1.93. The molecular weight excluding hydrogens is 186 g/mol. The summed E-state index contributed by atoms with van der Waals surface area (Å²) >= 11 is 0. The predicted octanol–water partition coefficient (Wildman–Crippen LogP) is -1.02. The van der Waals surface area contributed by atoms with Crippen LogP contribution in [0.25, 0.3) is 0 Å². The summed E-state index contributed by atoms with van der Waals surface area (Å²) in [5, 5.41) is 2.23. The van der Waals surface area contributed by atoms with Gasteiger partial charge in [0.1, 0.15) is 6.23 Å². The van der Waals surface area contributed by atoms with E-state index in [0.717, 1.165) is 0 Å². The van der Waals surface area contributed by atoms with E-state index in [2.05, 4.69) is 10.1 Å². The van der Waals surface area contributed by atoms with E-state index in [1.165, 1.54) is 7.11 Å². The minimum atomic E-state index is -3.98. The first-order valence-corrected chi connectivity index (χ1v) is 4.78. The quantitative estimate of drug-likeness (QED) is 0.323. The van der Waals surface area contributed by atoms with E-state index < -0.39 is 22.1 Å². The largest absolute Gasteiger partial charge is 0.362 e. The second-order valence-corrected chi connectivity index (χ2v) is 3.66. The number of hydrogen-bond donors (Lipinski definition) is 2. The van der Waals surface area contributed by atoms with Crippen molar-refractivity contribution in [2.75, 3.05) is 12.9 Å². The first kappa shape index (κ1) is 11.3. The summed E-state index contributed by atoms with van der Waals surface area (Å²) in [6.07, 6.45) is -0.254. The minimum absolute atomic E-state index is 0.0219. The fourth-order valence-corrected chi connectivity index (χ4v) is 1.11.